The molecule has 0 aromatic carbocycles. The van der Waals surface area contributed by atoms with E-state index < -0.39 is 3.79 Å². The Balaban J connectivity index is 2.24. The average molecular weight is 218 g/mol. The number of hydrogen-bond acceptors (Lipinski definition) is 2. The summed E-state index contributed by atoms with van der Waals surface area (Å²) in [6.45, 7) is 3.17. The fourth-order valence-electron chi connectivity index (χ4n) is 0.905. The van der Waals surface area contributed by atoms with Gasteiger partial charge < -0.3 is 10.1 Å². The minimum Gasteiger partial charge on any atom is -0.372 e. The molecule has 1 rings (SSSR count). The van der Waals surface area contributed by atoms with Crippen LogP contribution in [0.25, 0.3) is 0 Å². The van der Waals surface area contributed by atoms with Crippen molar-refractivity contribution in [2.45, 2.75) is 16.3 Å². The van der Waals surface area contributed by atoms with Crippen LogP contribution in [0, 0.1) is 6.61 Å². The van der Waals surface area contributed by atoms with Crippen molar-refractivity contribution in [3.05, 3.63) is 6.61 Å². The molecule has 0 aromatic heterocycles. The zero-order chi connectivity index (χ0) is 8.32. The van der Waals surface area contributed by atoms with Gasteiger partial charge in [0, 0.05) is 19.0 Å². The highest BCUT2D eigenvalue weighted by Crippen LogP contribution is 2.32. The quantitative estimate of drug-likeness (QED) is 0.678. The maximum Gasteiger partial charge on any atom is 0.192 e. The summed E-state index contributed by atoms with van der Waals surface area (Å²) in [5, 5.41) is 3.14. The summed E-state index contributed by atoms with van der Waals surface area (Å²) < 4.78 is 3.87. The van der Waals surface area contributed by atoms with Crippen molar-refractivity contribution < 1.29 is 4.74 Å². The van der Waals surface area contributed by atoms with Crippen molar-refractivity contribution in [3.63, 3.8) is 0 Å². The van der Waals surface area contributed by atoms with E-state index in [1.165, 1.54) is 0 Å². The van der Waals surface area contributed by atoms with E-state index in [9.17, 15) is 0 Å². The highest BCUT2D eigenvalue weighted by atomic mass is 35.6. The largest absolute Gasteiger partial charge is 0.372 e. The summed E-state index contributed by atoms with van der Waals surface area (Å²) in [6.07, 6.45) is 0.442. The van der Waals surface area contributed by atoms with E-state index in [4.69, 9.17) is 39.5 Å². The van der Waals surface area contributed by atoms with Crippen LogP contribution < -0.4 is 5.32 Å². The van der Waals surface area contributed by atoms with Gasteiger partial charge in [-0.05, 0) is 0 Å². The van der Waals surface area contributed by atoms with E-state index in [1.807, 2.05) is 0 Å². The first-order chi connectivity index (χ1) is 5.08. The van der Waals surface area contributed by atoms with Crippen LogP contribution in [0.3, 0.4) is 0 Å². The molecule has 2 nitrogen and oxygen atoms in total. The van der Waals surface area contributed by atoms with E-state index in [1.54, 1.807) is 6.61 Å². The monoisotopic (exact) mass is 216 g/mol. The summed E-state index contributed by atoms with van der Waals surface area (Å²) >= 11 is 16.7. The summed E-state index contributed by atoms with van der Waals surface area (Å²) in [5.74, 6) is 0. The molecule has 0 aliphatic carbocycles. The van der Waals surface area contributed by atoms with Gasteiger partial charge in [-0.3, -0.25) is 0 Å². The predicted molar refractivity (Wildman–Crippen MR) is 46.9 cm³/mol. The van der Waals surface area contributed by atoms with Crippen molar-refractivity contribution in [1.29, 1.82) is 0 Å². The smallest absolute Gasteiger partial charge is 0.192 e. The lowest BCUT2D eigenvalue weighted by atomic mass is 10.2. The van der Waals surface area contributed by atoms with E-state index in [-0.39, 0.29) is 6.04 Å². The predicted octanol–water partition coefficient (Wildman–Crippen LogP) is 1.90. The SMILES string of the molecule is ClC(Cl)(Cl)CC1[CH]OCCN1. The Bertz CT molecular complexity index is 119. The van der Waals surface area contributed by atoms with E-state index in [0.717, 1.165) is 6.54 Å². The van der Waals surface area contributed by atoms with Crippen LogP contribution >= 0.6 is 34.8 Å². The van der Waals surface area contributed by atoms with Crippen LogP contribution in [-0.2, 0) is 4.74 Å². The number of morpholine rings is 1. The van der Waals surface area contributed by atoms with Crippen LogP contribution in [0.15, 0.2) is 0 Å². The Morgan fingerprint density at radius 3 is 2.73 bits per heavy atom. The molecular weight excluding hydrogens is 208 g/mol. The normalized spacial score (nSPS) is 27.0. The van der Waals surface area contributed by atoms with Crippen molar-refractivity contribution in [1.82, 2.24) is 5.32 Å². The number of halogens is 3. The molecule has 1 unspecified atom stereocenters. The molecule has 1 fully saturated rings. The van der Waals surface area contributed by atoms with Crippen LogP contribution in [0.4, 0.5) is 0 Å². The maximum absolute atomic E-state index is 5.58. The van der Waals surface area contributed by atoms with Gasteiger partial charge in [0.1, 0.15) is 6.61 Å². The second kappa shape index (κ2) is 4.15. The van der Waals surface area contributed by atoms with Crippen LogP contribution in [0.1, 0.15) is 6.42 Å². The molecular formula is C6H9Cl3NO. The van der Waals surface area contributed by atoms with Gasteiger partial charge in [0.25, 0.3) is 0 Å². The standard InChI is InChI=1S/C6H9Cl3NO/c7-6(8,9)3-5-4-11-2-1-10-5/h4-5,10H,1-3H2. The molecule has 1 heterocycles. The van der Waals surface area contributed by atoms with Gasteiger partial charge in [0.05, 0.1) is 6.61 Å². The third-order valence-electron chi connectivity index (χ3n) is 1.34. The van der Waals surface area contributed by atoms with E-state index in [2.05, 4.69) is 5.32 Å². The third kappa shape index (κ3) is 4.38. The highest BCUT2D eigenvalue weighted by molar-refractivity contribution is 6.67. The zero-order valence-corrected chi connectivity index (χ0v) is 8.09. The number of hydrogen-bond donors (Lipinski definition) is 1. The Morgan fingerprint density at radius 2 is 2.27 bits per heavy atom. The Morgan fingerprint density at radius 1 is 1.55 bits per heavy atom. The second-order valence-electron chi connectivity index (χ2n) is 2.39. The molecule has 1 N–H and O–H groups in total. The molecule has 65 valence electrons. The molecule has 11 heavy (non-hydrogen) atoms. The maximum atomic E-state index is 5.58. The average Bonchev–Trinajstić information content (AvgIpc) is 1.85. The van der Waals surface area contributed by atoms with Gasteiger partial charge in [-0.25, -0.2) is 0 Å². The number of ether oxygens (including phenoxy) is 1. The molecule has 0 saturated carbocycles. The van der Waals surface area contributed by atoms with Gasteiger partial charge in [-0.15, -0.1) is 0 Å². The lowest BCUT2D eigenvalue weighted by molar-refractivity contribution is 0.134. The molecule has 1 radical (unpaired) electrons. The Hall–Kier alpha value is 0.790. The van der Waals surface area contributed by atoms with Crippen molar-refractivity contribution in [2.75, 3.05) is 13.2 Å². The summed E-state index contributed by atoms with van der Waals surface area (Å²) in [7, 11) is 0. The second-order valence-corrected chi connectivity index (χ2v) is 4.90. The first-order valence-corrected chi connectivity index (χ1v) is 4.46. The van der Waals surface area contributed by atoms with Crippen molar-refractivity contribution in [2.24, 2.45) is 0 Å². The van der Waals surface area contributed by atoms with Gasteiger partial charge >= 0.3 is 0 Å². The topological polar surface area (TPSA) is 21.3 Å². The van der Waals surface area contributed by atoms with Crippen LogP contribution in [0.2, 0.25) is 0 Å². The number of rotatable bonds is 1. The summed E-state index contributed by atoms with van der Waals surface area (Å²) in [6, 6.07) is 0.0521. The molecule has 0 aromatic rings. The number of nitrogens with one attached hydrogen (secondary N) is 1. The first kappa shape index (κ1) is 9.87. The van der Waals surface area contributed by atoms with Gasteiger partial charge in [-0.2, -0.15) is 0 Å². The van der Waals surface area contributed by atoms with Gasteiger partial charge in [0.15, 0.2) is 3.79 Å². The lowest BCUT2D eigenvalue weighted by Gasteiger charge is -2.25. The van der Waals surface area contributed by atoms with Gasteiger partial charge in [0.2, 0.25) is 0 Å². The third-order valence-corrected chi connectivity index (χ3v) is 1.80. The summed E-state index contributed by atoms with van der Waals surface area (Å²) in [4.78, 5) is 0. The number of alkyl halides is 3. The lowest BCUT2D eigenvalue weighted by Crippen LogP contribution is -2.40. The molecule has 5 heteroatoms. The van der Waals surface area contributed by atoms with Gasteiger partial charge in [-0.1, -0.05) is 34.8 Å². The van der Waals surface area contributed by atoms with Crippen molar-refractivity contribution in [3.8, 4) is 0 Å². The van der Waals surface area contributed by atoms with Crippen molar-refractivity contribution >= 4 is 34.8 Å². The molecule has 1 saturated heterocycles. The zero-order valence-electron chi connectivity index (χ0n) is 5.82. The Labute approximate surface area is 81.1 Å². The fraction of sp³-hybridized carbons (Fsp3) is 0.833. The van der Waals surface area contributed by atoms with E-state index >= 15 is 0 Å². The van der Waals surface area contributed by atoms with Crippen LogP contribution in [-0.4, -0.2) is 23.0 Å². The first-order valence-electron chi connectivity index (χ1n) is 3.33. The summed E-state index contributed by atoms with van der Waals surface area (Å²) in [5.41, 5.74) is 0. The molecule has 1 aliphatic rings. The molecule has 1 atom stereocenters. The molecule has 1 aliphatic heterocycles. The molecule has 0 bridgehead atoms. The van der Waals surface area contributed by atoms with E-state index in [0.29, 0.717) is 13.0 Å². The molecule has 0 amide bonds. The highest BCUT2D eigenvalue weighted by Gasteiger charge is 2.26. The van der Waals surface area contributed by atoms with Crippen LogP contribution in [0.5, 0.6) is 0 Å². The fourth-order valence-corrected chi connectivity index (χ4v) is 1.40. The minimum absolute atomic E-state index is 0.0521. The molecule has 0 spiro atoms. The Kier molecular flexibility index (Phi) is 3.72. The minimum atomic E-state index is -1.20.